The average Bonchev–Trinajstić information content (AvgIpc) is 2.46. The van der Waals surface area contributed by atoms with Crippen LogP contribution in [0.1, 0.15) is 26.3 Å². The van der Waals surface area contributed by atoms with Gasteiger partial charge in [-0.25, -0.2) is 9.18 Å². The average molecular weight is 304 g/mol. The van der Waals surface area contributed by atoms with Crippen molar-refractivity contribution in [1.29, 1.82) is 0 Å². The number of rotatable bonds is 4. The minimum absolute atomic E-state index is 0.0234. The molecule has 0 aromatic heterocycles. The zero-order valence-corrected chi connectivity index (χ0v) is 11.7. The van der Waals surface area contributed by atoms with Gasteiger partial charge in [0.1, 0.15) is 17.3 Å². The lowest BCUT2D eigenvalue weighted by Gasteiger charge is -2.06. The number of Topliss-reactive ketones (excluding diaryl/α,β-unsaturated/α-hetero) is 1. The molecule has 2 aromatic rings. The van der Waals surface area contributed by atoms with Crippen LogP contribution in [-0.2, 0) is 11.2 Å². The Morgan fingerprint density at radius 2 is 1.77 bits per heavy atom. The standard InChI is InChI=1S/C16H13FO5/c1-22-16(21)11-4-2-9(6-13(11)17)7-14(19)12-5-3-10(18)8-15(12)20/h2-6,8,18,20H,7H2,1H3. The second-order valence-corrected chi connectivity index (χ2v) is 4.61. The summed E-state index contributed by atoms with van der Waals surface area (Å²) < 4.78 is 18.2. The van der Waals surface area contributed by atoms with Crippen molar-refractivity contribution in [3.8, 4) is 11.5 Å². The molecule has 0 atom stereocenters. The van der Waals surface area contributed by atoms with Crippen LogP contribution in [0.25, 0.3) is 0 Å². The number of ketones is 1. The van der Waals surface area contributed by atoms with E-state index in [1.807, 2.05) is 0 Å². The topological polar surface area (TPSA) is 83.8 Å². The van der Waals surface area contributed by atoms with Crippen LogP contribution in [0.5, 0.6) is 11.5 Å². The normalized spacial score (nSPS) is 10.3. The van der Waals surface area contributed by atoms with Gasteiger partial charge >= 0.3 is 5.97 Å². The second kappa shape index (κ2) is 6.26. The number of phenols is 2. The van der Waals surface area contributed by atoms with Crippen LogP contribution in [0, 0.1) is 5.82 Å². The third-order valence-corrected chi connectivity index (χ3v) is 3.09. The molecule has 0 saturated heterocycles. The first-order valence-electron chi connectivity index (χ1n) is 6.34. The van der Waals surface area contributed by atoms with E-state index in [2.05, 4.69) is 4.74 Å². The van der Waals surface area contributed by atoms with Gasteiger partial charge in [0.15, 0.2) is 5.78 Å². The van der Waals surface area contributed by atoms with E-state index in [1.165, 1.54) is 24.3 Å². The summed E-state index contributed by atoms with van der Waals surface area (Å²) in [6.45, 7) is 0. The number of halogens is 1. The smallest absolute Gasteiger partial charge is 0.340 e. The van der Waals surface area contributed by atoms with Gasteiger partial charge in [-0.3, -0.25) is 4.79 Å². The van der Waals surface area contributed by atoms with E-state index < -0.39 is 17.6 Å². The summed E-state index contributed by atoms with van der Waals surface area (Å²) in [6.07, 6.45) is -0.156. The second-order valence-electron chi connectivity index (χ2n) is 4.61. The van der Waals surface area contributed by atoms with E-state index in [-0.39, 0.29) is 29.0 Å². The molecule has 0 amide bonds. The van der Waals surface area contributed by atoms with E-state index >= 15 is 0 Å². The summed E-state index contributed by atoms with van der Waals surface area (Å²) in [6, 6.07) is 7.35. The Balaban J connectivity index is 2.22. The van der Waals surface area contributed by atoms with Crippen molar-refractivity contribution >= 4 is 11.8 Å². The highest BCUT2D eigenvalue weighted by Crippen LogP contribution is 2.24. The maximum atomic E-state index is 13.8. The van der Waals surface area contributed by atoms with Crippen LogP contribution in [0.2, 0.25) is 0 Å². The van der Waals surface area contributed by atoms with Gasteiger partial charge in [0.05, 0.1) is 18.2 Å². The van der Waals surface area contributed by atoms with E-state index in [1.54, 1.807) is 0 Å². The van der Waals surface area contributed by atoms with Gasteiger partial charge in [0.25, 0.3) is 0 Å². The molecule has 114 valence electrons. The lowest BCUT2D eigenvalue weighted by atomic mass is 10.0. The fourth-order valence-corrected chi connectivity index (χ4v) is 1.98. The number of phenolic OH excluding ortho intramolecular Hbond substituents is 2. The molecule has 22 heavy (non-hydrogen) atoms. The van der Waals surface area contributed by atoms with Crippen molar-refractivity contribution in [2.24, 2.45) is 0 Å². The molecule has 0 aliphatic rings. The number of hydrogen-bond acceptors (Lipinski definition) is 5. The summed E-state index contributed by atoms with van der Waals surface area (Å²) >= 11 is 0. The highest BCUT2D eigenvalue weighted by atomic mass is 19.1. The Bertz CT molecular complexity index is 739. The molecule has 0 saturated carbocycles. The zero-order chi connectivity index (χ0) is 16.3. The predicted molar refractivity (Wildman–Crippen MR) is 75.5 cm³/mol. The predicted octanol–water partition coefficient (Wildman–Crippen LogP) is 2.45. The van der Waals surface area contributed by atoms with Crippen molar-refractivity contribution in [1.82, 2.24) is 0 Å². The van der Waals surface area contributed by atoms with Crippen molar-refractivity contribution in [3.63, 3.8) is 0 Å². The molecule has 5 nitrogen and oxygen atoms in total. The summed E-state index contributed by atoms with van der Waals surface area (Å²) in [4.78, 5) is 23.4. The van der Waals surface area contributed by atoms with E-state index in [0.29, 0.717) is 5.56 Å². The van der Waals surface area contributed by atoms with Gasteiger partial charge in [-0.2, -0.15) is 0 Å². The molecule has 0 spiro atoms. The zero-order valence-electron chi connectivity index (χ0n) is 11.7. The highest BCUT2D eigenvalue weighted by Gasteiger charge is 2.16. The minimum atomic E-state index is -0.799. The summed E-state index contributed by atoms with van der Waals surface area (Å²) in [5.41, 5.74) is 0.157. The molecule has 0 aliphatic heterocycles. The molecule has 0 aliphatic carbocycles. The van der Waals surface area contributed by atoms with Crippen molar-refractivity contribution < 1.29 is 28.9 Å². The molecule has 0 bridgehead atoms. The maximum absolute atomic E-state index is 13.8. The number of esters is 1. The Labute approximate surface area is 125 Å². The van der Waals surface area contributed by atoms with Crippen LogP contribution in [0.4, 0.5) is 4.39 Å². The Kier molecular flexibility index (Phi) is 4.41. The Morgan fingerprint density at radius 1 is 1.09 bits per heavy atom. The highest BCUT2D eigenvalue weighted by molar-refractivity contribution is 6.00. The third kappa shape index (κ3) is 3.22. The van der Waals surface area contributed by atoms with Crippen LogP contribution in [-0.4, -0.2) is 29.1 Å². The molecule has 2 aromatic carbocycles. The fourth-order valence-electron chi connectivity index (χ4n) is 1.98. The van der Waals surface area contributed by atoms with Crippen LogP contribution in [0.3, 0.4) is 0 Å². The first-order chi connectivity index (χ1) is 10.4. The number of carbonyl (C=O) groups is 2. The first kappa shape index (κ1) is 15.5. The van der Waals surface area contributed by atoms with Crippen molar-refractivity contribution in [2.75, 3.05) is 7.11 Å². The number of carbonyl (C=O) groups excluding carboxylic acids is 2. The molecular formula is C16H13FO5. The molecular weight excluding hydrogens is 291 g/mol. The van der Waals surface area contributed by atoms with Gasteiger partial charge < -0.3 is 14.9 Å². The van der Waals surface area contributed by atoms with Gasteiger partial charge in [0.2, 0.25) is 0 Å². The molecule has 0 fully saturated rings. The number of hydrogen-bond donors (Lipinski definition) is 2. The van der Waals surface area contributed by atoms with Crippen LogP contribution >= 0.6 is 0 Å². The van der Waals surface area contributed by atoms with E-state index in [9.17, 15) is 24.2 Å². The number of ether oxygens (including phenoxy) is 1. The fraction of sp³-hybridized carbons (Fsp3) is 0.125. The molecule has 0 radical (unpaired) electrons. The lowest BCUT2D eigenvalue weighted by molar-refractivity contribution is 0.0595. The van der Waals surface area contributed by atoms with Gasteiger partial charge in [-0.1, -0.05) is 6.07 Å². The summed E-state index contributed by atoms with van der Waals surface area (Å²) in [7, 11) is 1.15. The van der Waals surface area contributed by atoms with E-state index in [4.69, 9.17) is 0 Å². The van der Waals surface area contributed by atoms with Crippen LogP contribution < -0.4 is 0 Å². The van der Waals surface area contributed by atoms with Crippen molar-refractivity contribution in [3.05, 3.63) is 58.9 Å². The molecule has 0 heterocycles. The quantitative estimate of drug-likeness (QED) is 0.669. The summed E-state index contributed by atoms with van der Waals surface area (Å²) in [5, 5.41) is 18.8. The maximum Gasteiger partial charge on any atom is 0.340 e. The summed E-state index contributed by atoms with van der Waals surface area (Å²) in [5.74, 6) is -2.54. The van der Waals surface area contributed by atoms with E-state index in [0.717, 1.165) is 19.2 Å². The van der Waals surface area contributed by atoms with Crippen molar-refractivity contribution in [2.45, 2.75) is 6.42 Å². The first-order valence-corrected chi connectivity index (χ1v) is 6.34. The number of methoxy groups -OCH3 is 1. The van der Waals surface area contributed by atoms with Gasteiger partial charge in [0, 0.05) is 12.5 Å². The van der Waals surface area contributed by atoms with Gasteiger partial charge in [-0.05, 0) is 29.8 Å². The monoisotopic (exact) mass is 304 g/mol. The molecule has 0 unspecified atom stereocenters. The third-order valence-electron chi connectivity index (χ3n) is 3.09. The molecule has 6 heteroatoms. The van der Waals surface area contributed by atoms with Gasteiger partial charge in [-0.15, -0.1) is 0 Å². The SMILES string of the molecule is COC(=O)c1ccc(CC(=O)c2ccc(O)cc2O)cc1F. The number of aromatic hydroxyl groups is 2. The van der Waals surface area contributed by atoms with Crippen LogP contribution in [0.15, 0.2) is 36.4 Å². The molecule has 2 N–H and O–H groups in total. The Hall–Kier alpha value is -2.89. The largest absolute Gasteiger partial charge is 0.508 e. The Morgan fingerprint density at radius 3 is 2.36 bits per heavy atom. The minimum Gasteiger partial charge on any atom is -0.508 e. The molecule has 2 rings (SSSR count). The number of benzene rings is 2. The lowest BCUT2D eigenvalue weighted by Crippen LogP contribution is -2.07.